The van der Waals surface area contributed by atoms with Gasteiger partial charge in [-0.1, -0.05) is 39.5 Å². The number of nitrogens with zero attached hydrogens (tertiary/aromatic N) is 1. The molecule has 0 amide bonds. The second-order valence-corrected chi connectivity index (χ2v) is 6.86. The first-order valence-electron chi connectivity index (χ1n) is 7.13. The molecule has 0 bridgehead atoms. The molecule has 0 heterocycles. The number of aliphatic carboxylic acids is 1. The predicted octanol–water partition coefficient (Wildman–Crippen LogP) is 2.47. The summed E-state index contributed by atoms with van der Waals surface area (Å²) in [5, 5.41) is 8.60. The monoisotopic (exact) mass is 293 g/mol. The summed E-state index contributed by atoms with van der Waals surface area (Å²) in [6.07, 6.45) is 5.44. The lowest BCUT2D eigenvalue weighted by atomic mass is 10.2. The summed E-state index contributed by atoms with van der Waals surface area (Å²) in [5.74, 6) is -1.36. The second-order valence-electron chi connectivity index (χ2n) is 4.77. The molecule has 0 unspecified atom stereocenters. The molecule has 0 aromatic heterocycles. The first kappa shape index (κ1) is 18.4. The molecule has 0 spiro atoms. The van der Waals surface area contributed by atoms with Gasteiger partial charge in [-0.2, -0.15) is 0 Å². The molecule has 0 aliphatic carbocycles. The Morgan fingerprint density at radius 2 is 1.47 bits per heavy atom. The Morgan fingerprint density at radius 1 is 1.00 bits per heavy atom. The van der Waals surface area contributed by atoms with Gasteiger partial charge in [0.15, 0.2) is 0 Å². The Balaban J connectivity index is 4.45. The number of carbonyl (C=O) groups is 1. The van der Waals surface area contributed by atoms with Crippen LogP contribution in [0.25, 0.3) is 0 Å². The van der Waals surface area contributed by atoms with E-state index in [1.807, 2.05) is 0 Å². The maximum Gasteiger partial charge on any atom is 0.304 e. The van der Waals surface area contributed by atoms with Crippen molar-refractivity contribution >= 4 is 16.0 Å². The van der Waals surface area contributed by atoms with Gasteiger partial charge in [-0.3, -0.25) is 4.79 Å². The van der Waals surface area contributed by atoms with E-state index in [4.69, 9.17) is 5.11 Å². The molecule has 1 N–H and O–H groups in total. The molecule has 0 aromatic rings. The summed E-state index contributed by atoms with van der Waals surface area (Å²) in [4.78, 5) is 10.5. The summed E-state index contributed by atoms with van der Waals surface area (Å²) >= 11 is 0. The van der Waals surface area contributed by atoms with Gasteiger partial charge < -0.3 is 5.11 Å². The van der Waals surface area contributed by atoms with Crippen molar-refractivity contribution in [2.75, 3.05) is 18.8 Å². The smallest absolute Gasteiger partial charge is 0.304 e. The van der Waals surface area contributed by atoms with Crippen LogP contribution in [0.5, 0.6) is 0 Å². The third kappa shape index (κ3) is 8.99. The van der Waals surface area contributed by atoms with Crippen LogP contribution in [0.4, 0.5) is 0 Å². The number of unbranched alkanes of at least 4 members (excludes halogenated alkanes) is 4. The van der Waals surface area contributed by atoms with Crippen LogP contribution in [-0.4, -0.2) is 42.6 Å². The molecular formula is C13H27NO4S. The quantitative estimate of drug-likeness (QED) is 0.561. The lowest BCUT2D eigenvalue weighted by Crippen LogP contribution is -2.35. The van der Waals surface area contributed by atoms with Gasteiger partial charge in [0.2, 0.25) is 10.0 Å². The Kier molecular flexibility index (Phi) is 9.87. The van der Waals surface area contributed by atoms with Crippen molar-refractivity contribution in [1.82, 2.24) is 4.31 Å². The van der Waals surface area contributed by atoms with E-state index in [1.165, 1.54) is 4.31 Å². The topological polar surface area (TPSA) is 74.7 Å². The average Bonchev–Trinajstić information content (AvgIpc) is 2.35. The van der Waals surface area contributed by atoms with Crippen molar-refractivity contribution in [1.29, 1.82) is 0 Å². The minimum atomic E-state index is -3.43. The highest BCUT2D eigenvalue weighted by Crippen LogP contribution is 2.09. The van der Waals surface area contributed by atoms with E-state index in [-0.39, 0.29) is 12.2 Å². The maximum absolute atomic E-state index is 12.1. The van der Waals surface area contributed by atoms with E-state index in [0.29, 0.717) is 13.1 Å². The number of carboxylic acids is 1. The van der Waals surface area contributed by atoms with Gasteiger partial charge in [-0.25, -0.2) is 12.7 Å². The van der Waals surface area contributed by atoms with Crippen LogP contribution in [0.1, 0.15) is 58.8 Å². The molecule has 0 saturated carbocycles. The maximum atomic E-state index is 12.1. The Labute approximate surface area is 117 Å². The van der Waals surface area contributed by atoms with E-state index < -0.39 is 16.0 Å². The van der Waals surface area contributed by atoms with E-state index in [1.54, 1.807) is 0 Å². The van der Waals surface area contributed by atoms with Gasteiger partial charge in [-0.05, 0) is 12.8 Å². The van der Waals surface area contributed by atoms with Gasteiger partial charge in [0, 0.05) is 13.1 Å². The van der Waals surface area contributed by atoms with E-state index in [0.717, 1.165) is 38.5 Å². The molecule has 0 aliphatic heterocycles. The van der Waals surface area contributed by atoms with Crippen molar-refractivity contribution in [2.45, 2.75) is 58.8 Å². The van der Waals surface area contributed by atoms with Crippen molar-refractivity contribution < 1.29 is 18.3 Å². The highest BCUT2D eigenvalue weighted by atomic mass is 32.2. The predicted molar refractivity (Wildman–Crippen MR) is 76.7 cm³/mol. The molecule has 0 atom stereocenters. The fourth-order valence-corrected chi connectivity index (χ4v) is 3.32. The zero-order chi connectivity index (χ0) is 14.7. The number of hydrogen-bond donors (Lipinski definition) is 1. The summed E-state index contributed by atoms with van der Waals surface area (Å²) in [5.41, 5.74) is 0. The van der Waals surface area contributed by atoms with Crippen molar-refractivity contribution in [3.63, 3.8) is 0 Å². The van der Waals surface area contributed by atoms with Crippen LogP contribution in [0.3, 0.4) is 0 Å². The second kappa shape index (κ2) is 10.2. The molecule has 0 fully saturated rings. The molecule has 0 radical (unpaired) electrons. The zero-order valence-corrected chi connectivity index (χ0v) is 12.9. The van der Waals surface area contributed by atoms with Gasteiger partial charge in [0.25, 0.3) is 0 Å². The largest absolute Gasteiger partial charge is 0.481 e. The molecule has 0 aliphatic rings. The van der Waals surface area contributed by atoms with E-state index in [2.05, 4.69) is 13.8 Å². The molecular weight excluding hydrogens is 266 g/mol. The fourth-order valence-electron chi connectivity index (χ4n) is 1.81. The lowest BCUT2D eigenvalue weighted by molar-refractivity contribution is -0.136. The third-order valence-electron chi connectivity index (χ3n) is 2.99. The first-order valence-corrected chi connectivity index (χ1v) is 8.74. The highest BCUT2D eigenvalue weighted by molar-refractivity contribution is 7.89. The number of rotatable bonds is 12. The number of sulfonamides is 1. The molecule has 5 nitrogen and oxygen atoms in total. The van der Waals surface area contributed by atoms with E-state index >= 15 is 0 Å². The molecule has 0 aromatic carbocycles. The minimum Gasteiger partial charge on any atom is -0.481 e. The van der Waals surface area contributed by atoms with Gasteiger partial charge in [-0.15, -0.1) is 0 Å². The van der Waals surface area contributed by atoms with Gasteiger partial charge in [0.1, 0.15) is 0 Å². The SMILES string of the molecule is CCCCCN(CCCCC)S(=O)(=O)CCC(=O)O. The molecule has 114 valence electrons. The lowest BCUT2D eigenvalue weighted by Gasteiger charge is -2.21. The van der Waals surface area contributed by atoms with Crippen LogP contribution in [0, 0.1) is 0 Å². The fraction of sp³-hybridized carbons (Fsp3) is 0.923. The minimum absolute atomic E-state index is 0.291. The average molecular weight is 293 g/mol. The third-order valence-corrected chi connectivity index (χ3v) is 4.86. The van der Waals surface area contributed by atoms with Gasteiger partial charge in [0.05, 0.1) is 12.2 Å². The van der Waals surface area contributed by atoms with E-state index in [9.17, 15) is 13.2 Å². The highest BCUT2D eigenvalue weighted by Gasteiger charge is 2.21. The summed E-state index contributed by atoms with van der Waals surface area (Å²) in [6, 6.07) is 0. The number of hydrogen-bond acceptors (Lipinski definition) is 3. The van der Waals surface area contributed by atoms with Crippen molar-refractivity contribution in [3.05, 3.63) is 0 Å². The summed E-state index contributed by atoms with van der Waals surface area (Å²) in [6.45, 7) is 5.17. The first-order chi connectivity index (χ1) is 8.94. The van der Waals surface area contributed by atoms with Crippen LogP contribution in [-0.2, 0) is 14.8 Å². The van der Waals surface area contributed by atoms with Crippen LogP contribution < -0.4 is 0 Å². The Bertz CT molecular complexity index is 331. The molecule has 19 heavy (non-hydrogen) atoms. The summed E-state index contributed by atoms with van der Waals surface area (Å²) in [7, 11) is -3.43. The molecule has 0 saturated heterocycles. The van der Waals surface area contributed by atoms with Crippen LogP contribution >= 0.6 is 0 Å². The standard InChI is InChI=1S/C13H27NO4S/c1-3-5-7-10-14(11-8-6-4-2)19(17,18)12-9-13(15)16/h3-12H2,1-2H3,(H,15,16). The van der Waals surface area contributed by atoms with Crippen LogP contribution in [0.15, 0.2) is 0 Å². The van der Waals surface area contributed by atoms with Crippen molar-refractivity contribution in [2.24, 2.45) is 0 Å². The molecule has 0 rings (SSSR count). The van der Waals surface area contributed by atoms with Crippen LogP contribution in [0.2, 0.25) is 0 Å². The normalized spacial score (nSPS) is 11.9. The summed E-state index contributed by atoms with van der Waals surface area (Å²) < 4.78 is 25.6. The number of carboxylic acid groups (broad SMARTS) is 1. The van der Waals surface area contributed by atoms with Crippen molar-refractivity contribution in [3.8, 4) is 0 Å². The zero-order valence-electron chi connectivity index (χ0n) is 12.1. The Hall–Kier alpha value is -0.620. The Morgan fingerprint density at radius 3 is 1.84 bits per heavy atom. The van der Waals surface area contributed by atoms with Gasteiger partial charge >= 0.3 is 5.97 Å². The molecule has 6 heteroatoms.